The monoisotopic (exact) mass is 340 g/mol. The van der Waals surface area contributed by atoms with Crippen LogP contribution in [0.2, 0.25) is 0 Å². The van der Waals surface area contributed by atoms with Crippen molar-refractivity contribution in [2.24, 2.45) is 5.41 Å². The van der Waals surface area contributed by atoms with Gasteiger partial charge in [-0.3, -0.25) is 4.98 Å². The molecule has 2 aromatic heterocycles. The predicted octanol–water partition coefficient (Wildman–Crippen LogP) is 2.46. The standard InChI is InChI=1S/C19H24N4O2/c1-4-16(12-20-7-1)13-24-15-19-6-2-11-25-17(19)5-10-23(14-19)18-21-8-3-9-22-18/h1,3-4,7-9,12,17H,2,5-6,10-11,13-15H2/t17-,19-/m1/s1. The minimum absolute atomic E-state index is 0.0118. The summed E-state index contributed by atoms with van der Waals surface area (Å²) in [7, 11) is 0. The van der Waals surface area contributed by atoms with Crippen LogP contribution in [-0.4, -0.2) is 47.4 Å². The van der Waals surface area contributed by atoms with E-state index in [4.69, 9.17) is 9.47 Å². The third-order valence-corrected chi connectivity index (χ3v) is 5.20. The molecule has 0 unspecified atom stereocenters. The lowest BCUT2D eigenvalue weighted by atomic mass is 9.73. The van der Waals surface area contributed by atoms with Crippen molar-refractivity contribution >= 4 is 5.95 Å². The number of nitrogens with zero attached hydrogens (tertiary/aromatic N) is 4. The molecule has 0 bridgehead atoms. The second-order valence-corrected chi connectivity index (χ2v) is 6.94. The molecule has 0 N–H and O–H groups in total. The van der Waals surface area contributed by atoms with E-state index in [1.54, 1.807) is 18.6 Å². The van der Waals surface area contributed by atoms with Gasteiger partial charge < -0.3 is 14.4 Å². The van der Waals surface area contributed by atoms with Crippen LogP contribution in [0.15, 0.2) is 43.0 Å². The Morgan fingerprint density at radius 1 is 1.24 bits per heavy atom. The first-order valence-electron chi connectivity index (χ1n) is 8.96. The summed E-state index contributed by atoms with van der Waals surface area (Å²) in [6.07, 6.45) is 10.7. The molecule has 2 saturated heterocycles. The molecule has 2 fully saturated rings. The maximum absolute atomic E-state index is 6.12. The van der Waals surface area contributed by atoms with Crippen molar-refractivity contribution in [3.63, 3.8) is 0 Å². The highest BCUT2D eigenvalue weighted by Gasteiger charge is 2.46. The highest BCUT2D eigenvalue weighted by atomic mass is 16.5. The van der Waals surface area contributed by atoms with Crippen LogP contribution < -0.4 is 4.90 Å². The van der Waals surface area contributed by atoms with Gasteiger partial charge in [0.25, 0.3) is 0 Å². The zero-order chi connectivity index (χ0) is 17.0. The number of ether oxygens (including phenoxy) is 2. The molecular formula is C19H24N4O2. The number of rotatable bonds is 5. The Morgan fingerprint density at radius 3 is 3.00 bits per heavy atom. The Morgan fingerprint density at radius 2 is 2.16 bits per heavy atom. The van der Waals surface area contributed by atoms with Gasteiger partial charge in [-0.1, -0.05) is 6.07 Å². The average Bonchev–Trinajstić information content (AvgIpc) is 2.69. The van der Waals surface area contributed by atoms with Crippen LogP contribution in [0.1, 0.15) is 24.8 Å². The Kier molecular flexibility index (Phi) is 4.90. The molecule has 2 aliphatic rings. The number of piperidine rings is 1. The van der Waals surface area contributed by atoms with Gasteiger partial charge in [0, 0.05) is 49.9 Å². The number of aromatic nitrogens is 3. The zero-order valence-corrected chi connectivity index (χ0v) is 14.4. The van der Waals surface area contributed by atoms with Crippen molar-refractivity contribution in [2.45, 2.75) is 32.0 Å². The summed E-state index contributed by atoms with van der Waals surface area (Å²) < 4.78 is 12.2. The molecule has 0 radical (unpaired) electrons. The maximum atomic E-state index is 6.12. The molecule has 25 heavy (non-hydrogen) atoms. The highest BCUT2D eigenvalue weighted by Crippen LogP contribution is 2.41. The van der Waals surface area contributed by atoms with E-state index in [0.29, 0.717) is 13.2 Å². The van der Waals surface area contributed by atoms with E-state index < -0.39 is 0 Å². The summed E-state index contributed by atoms with van der Waals surface area (Å²) in [4.78, 5) is 15.3. The Bertz CT molecular complexity index is 670. The number of pyridine rings is 1. The molecule has 0 amide bonds. The van der Waals surface area contributed by atoms with Crippen LogP contribution in [0, 0.1) is 5.41 Å². The first kappa shape index (κ1) is 16.4. The second kappa shape index (κ2) is 7.45. The Hall–Kier alpha value is -2.05. The van der Waals surface area contributed by atoms with Gasteiger partial charge in [0.2, 0.25) is 5.95 Å². The van der Waals surface area contributed by atoms with Gasteiger partial charge in [0.1, 0.15) is 0 Å². The normalized spacial score (nSPS) is 26.2. The van der Waals surface area contributed by atoms with Crippen LogP contribution >= 0.6 is 0 Å². The molecule has 0 aliphatic carbocycles. The first-order valence-corrected chi connectivity index (χ1v) is 8.96. The van der Waals surface area contributed by atoms with Crippen molar-refractivity contribution in [3.8, 4) is 0 Å². The molecule has 0 aromatic carbocycles. The summed E-state index contributed by atoms with van der Waals surface area (Å²) in [6, 6.07) is 5.84. The van der Waals surface area contributed by atoms with Gasteiger partial charge in [-0.05, 0) is 37.0 Å². The van der Waals surface area contributed by atoms with Crippen LogP contribution in [0.4, 0.5) is 5.95 Å². The summed E-state index contributed by atoms with van der Waals surface area (Å²) >= 11 is 0. The Labute approximate surface area is 148 Å². The van der Waals surface area contributed by atoms with Crippen LogP contribution in [-0.2, 0) is 16.1 Å². The number of hydrogen-bond acceptors (Lipinski definition) is 6. The summed E-state index contributed by atoms with van der Waals surface area (Å²) in [5, 5.41) is 0. The Balaban J connectivity index is 1.46. The zero-order valence-electron chi connectivity index (χ0n) is 14.4. The molecule has 2 atom stereocenters. The minimum atomic E-state index is 0.0118. The van der Waals surface area contributed by atoms with E-state index in [0.717, 1.165) is 50.5 Å². The maximum Gasteiger partial charge on any atom is 0.225 e. The molecule has 0 saturated carbocycles. The van der Waals surface area contributed by atoms with Gasteiger partial charge in [0.15, 0.2) is 0 Å². The topological polar surface area (TPSA) is 60.4 Å². The molecule has 4 rings (SSSR count). The van der Waals surface area contributed by atoms with E-state index in [2.05, 4.69) is 19.9 Å². The van der Waals surface area contributed by atoms with E-state index in [1.165, 1.54) is 0 Å². The third-order valence-electron chi connectivity index (χ3n) is 5.20. The van der Waals surface area contributed by atoms with Gasteiger partial charge in [-0.15, -0.1) is 0 Å². The van der Waals surface area contributed by atoms with Crippen molar-refractivity contribution in [1.82, 2.24) is 15.0 Å². The molecule has 6 nitrogen and oxygen atoms in total. The number of fused-ring (bicyclic) bond motifs is 1. The van der Waals surface area contributed by atoms with Crippen molar-refractivity contribution < 1.29 is 9.47 Å². The molecule has 0 spiro atoms. The van der Waals surface area contributed by atoms with Crippen LogP contribution in [0.25, 0.3) is 0 Å². The fraction of sp³-hybridized carbons (Fsp3) is 0.526. The fourth-order valence-corrected chi connectivity index (χ4v) is 3.98. The molecule has 2 aliphatic heterocycles. The molecule has 2 aromatic rings. The lowest BCUT2D eigenvalue weighted by Gasteiger charge is -2.50. The summed E-state index contributed by atoms with van der Waals surface area (Å²) in [5.41, 5.74) is 1.11. The summed E-state index contributed by atoms with van der Waals surface area (Å²) in [6.45, 7) is 3.95. The van der Waals surface area contributed by atoms with Gasteiger partial charge >= 0.3 is 0 Å². The van der Waals surface area contributed by atoms with Crippen LogP contribution in [0.3, 0.4) is 0 Å². The summed E-state index contributed by atoms with van der Waals surface area (Å²) in [5.74, 6) is 0.804. The third kappa shape index (κ3) is 3.65. The SMILES string of the molecule is c1cnc(N2CC[C@H]3OCCC[C@]3(COCc3cccnc3)C2)nc1. The highest BCUT2D eigenvalue weighted by molar-refractivity contribution is 5.31. The molecular weight excluding hydrogens is 316 g/mol. The molecule has 132 valence electrons. The molecule has 6 heteroatoms. The lowest BCUT2D eigenvalue weighted by molar-refractivity contribution is -0.127. The van der Waals surface area contributed by atoms with Crippen LogP contribution in [0.5, 0.6) is 0 Å². The van der Waals surface area contributed by atoms with Crippen molar-refractivity contribution in [1.29, 1.82) is 0 Å². The molecule has 4 heterocycles. The van der Waals surface area contributed by atoms with Gasteiger partial charge in [-0.25, -0.2) is 9.97 Å². The second-order valence-electron chi connectivity index (χ2n) is 6.94. The average molecular weight is 340 g/mol. The lowest BCUT2D eigenvalue weighted by Crippen LogP contribution is -2.57. The van der Waals surface area contributed by atoms with E-state index >= 15 is 0 Å². The van der Waals surface area contributed by atoms with Crippen molar-refractivity contribution in [2.75, 3.05) is 31.2 Å². The number of hydrogen-bond donors (Lipinski definition) is 0. The predicted molar refractivity (Wildman–Crippen MR) is 94.2 cm³/mol. The fourth-order valence-electron chi connectivity index (χ4n) is 3.98. The smallest absolute Gasteiger partial charge is 0.225 e. The van der Waals surface area contributed by atoms with E-state index in [-0.39, 0.29) is 11.5 Å². The van der Waals surface area contributed by atoms with Crippen molar-refractivity contribution in [3.05, 3.63) is 48.5 Å². The van der Waals surface area contributed by atoms with E-state index in [9.17, 15) is 0 Å². The first-order chi connectivity index (χ1) is 12.4. The number of anilines is 1. The van der Waals surface area contributed by atoms with Gasteiger partial charge in [-0.2, -0.15) is 0 Å². The quantitative estimate of drug-likeness (QED) is 0.833. The van der Waals surface area contributed by atoms with Gasteiger partial charge in [0.05, 0.1) is 19.3 Å². The minimum Gasteiger partial charge on any atom is -0.377 e. The largest absolute Gasteiger partial charge is 0.377 e. The van der Waals surface area contributed by atoms with E-state index in [1.807, 2.05) is 24.4 Å².